The summed E-state index contributed by atoms with van der Waals surface area (Å²) in [5.74, 6) is -1.10. The van der Waals surface area contributed by atoms with Gasteiger partial charge in [0.05, 0.1) is 23.9 Å². The third kappa shape index (κ3) is 5.08. The molecule has 3 aliphatic heterocycles. The maximum absolute atomic E-state index is 13.4. The molecule has 0 aliphatic carbocycles. The van der Waals surface area contributed by atoms with E-state index in [9.17, 15) is 18.0 Å². The number of hydrogen-bond acceptors (Lipinski definition) is 5. The van der Waals surface area contributed by atoms with E-state index in [0.717, 1.165) is 12.0 Å². The number of amides is 2. The van der Waals surface area contributed by atoms with Gasteiger partial charge in [-0.2, -0.15) is 22.3 Å². The zero-order valence-electron chi connectivity index (χ0n) is 19.2. The van der Waals surface area contributed by atoms with Crippen molar-refractivity contribution in [3.05, 3.63) is 34.9 Å². The lowest BCUT2D eigenvalue weighted by Gasteiger charge is -2.41. The summed E-state index contributed by atoms with van der Waals surface area (Å²) in [4.78, 5) is 28.1. The molecule has 0 unspecified atom stereocenters. The zero-order valence-corrected chi connectivity index (χ0v) is 20.8. The second kappa shape index (κ2) is 10.2. The molecule has 1 aromatic carbocycles. The van der Waals surface area contributed by atoms with Gasteiger partial charge < -0.3 is 10.2 Å². The van der Waals surface area contributed by atoms with Gasteiger partial charge in [-0.1, -0.05) is 23.7 Å². The lowest BCUT2D eigenvalue weighted by atomic mass is 9.97. The predicted octanol–water partition coefficient (Wildman–Crippen LogP) is 1.92. The molecule has 0 saturated carbocycles. The summed E-state index contributed by atoms with van der Waals surface area (Å²) < 4.78 is 28.5. The number of halogens is 1. The minimum absolute atomic E-state index is 0.112. The van der Waals surface area contributed by atoms with Crippen molar-refractivity contribution in [2.45, 2.75) is 44.7 Å². The SMILES string of the molecule is C[C@@H](NC(=O)[C@H]1CCCN1C(=O)[C@H]1CCCN(S(=O)(=O)N2CC(C#N)C2)C1)c1ccc(Cl)cc1. The smallest absolute Gasteiger partial charge is 0.282 e. The molecule has 0 bridgehead atoms. The Hall–Kier alpha value is -2.19. The Kier molecular flexibility index (Phi) is 7.48. The molecule has 184 valence electrons. The molecular weight excluding hydrogens is 478 g/mol. The van der Waals surface area contributed by atoms with Crippen molar-refractivity contribution in [1.82, 2.24) is 18.8 Å². The third-order valence-electron chi connectivity index (χ3n) is 6.98. The van der Waals surface area contributed by atoms with Crippen LogP contribution in [0.15, 0.2) is 24.3 Å². The second-order valence-corrected chi connectivity index (χ2v) is 11.7. The molecule has 0 radical (unpaired) electrons. The number of nitrogens with one attached hydrogen (secondary N) is 1. The molecule has 3 saturated heterocycles. The molecule has 9 nitrogen and oxygen atoms in total. The quantitative estimate of drug-likeness (QED) is 0.632. The molecule has 34 heavy (non-hydrogen) atoms. The van der Waals surface area contributed by atoms with Crippen LogP contribution in [0.2, 0.25) is 5.02 Å². The number of nitrogens with zero attached hydrogens (tertiary/aromatic N) is 4. The lowest BCUT2D eigenvalue weighted by Crippen LogP contribution is -2.57. The average molecular weight is 508 g/mol. The van der Waals surface area contributed by atoms with Crippen molar-refractivity contribution >= 4 is 33.6 Å². The number of nitriles is 1. The van der Waals surface area contributed by atoms with Gasteiger partial charge >= 0.3 is 0 Å². The van der Waals surface area contributed by atoms with E-state index in [1.54, 1.807) is 17.0 Å². The number of piperidine rings is 1. The molecule has 2 amide bonds. The van der Waals surface area contributed by atoms with Crippen LogP contribution in [0.4, 0.5) is 0 Å². The Morgan fingerprint density at radius 3 is 2.44 bits per heavy atom. The number of carbonyl (C=O) groups is 2. The van der Waals surface area contributed by atoms with E-state index >= 15 is 0 Å². The first-order valence-corrected chi connectivity index (χ1v) is 13.5. The van der Waals surface area contributed by atoms with Crippen LogP contribution in [0.1, 0.15) is 44.2 Å². The number of likely N-dealkylation sites (tertiary alicyclic amines) is 1. The van der Waals surface area contributed by atoms with E-state index in [0.29, 0.717) is 37.4 Å². The van der Waals surface area contributed by atoms with E-state index < -0.39 is 22.2 Å². The Bertz CT molecular complexity index is 1070. The van der Waals surface area contributed by atoms with Crippen LogP contribution in [0, 0.1) is 23.2 Å². The molecule has 3 heterocycles. The van der Waals surface area contributed by atoms with Gasteiger partial charge in [-0.15, -0.1) is 0 Å². The summed E-state index contributed by atoms with van der Waals surface area (Å²) in [5.41, 5.74) is 0.923. The molecule has 3 fully saturated rings. The molecule has 0 spiro atoms. The van der Waals surface area contributed by atoms with Crippen molar-refractivity contribution in [2.24, 2.45) is 11.8 Å². The van der Waals surface area contributed by atoms with Crippen molar-refractivity contribution < 1.29 is 18.0 Å². The first-order chi connectivity index (χ1) is 16.2. The Labute approximate surface area is 205 Å². The van der Waals surface area contributed by atoms with E-state index in [1.807, 2.05) is 19.1 Å². The van der Waals surface area contributed by atoms with Crippen LogP contribution in [-0.4, -0.2) is 72.5 Å². The topological polar surface area (TPSA) is 114 Å². The fourth-order valence-electron chi connectivity index (χ4n) is 4.91. The fourth-order valence-corrected chi connectivity index (χ4v) is 6.82. The highest BCUT2D eigenvalue weighted by molar-refractivity contribution is 7.86. The maximum atomic E-state index is 13.4. The number of carbonyl (C=O) groups excluding carboxylic acids is 2. The number of hydrogen-bond donors (Lipinski definition) is 1. The van der Waals surface area contributed by atoms with Crippen LogP contribution < -0.4 is 5.32 Å². The van der Waals surface area contributed by atoms with Crippen molar-refractivity contribution in [1.29, 1.82) is 5.26 Å². The summed E-state index contributed by atoms with van der Waals surface area (Å²) in [5, 5.41) is 12.6. The van der Waals surface area contributed by atoms with Gasteiger partial charge in [0.15, 0.2) is 0 Å². The van der Waals surface area contributed by atoms with Gasteiger partial charge in [0.25, 0.3) is 10.2 Å². The first kappa shape index (κ1) is 24.9. The molecule has 11 heteroatoms. The summed E-state index contributed by atoms with van der Waals surface area (Å²) in [6.07, 6.45) is 2.50. The lowest BCUT2D eigenvalue weighted by molar-refractivity contribution is -0.142. The van der Waals surface area contributed by atoms with Crippen LogP contribution in [0.5, 0.6) is 0 Å². The molecule has 4 rings (SSSR count). The van der Waals surface area contributed by atoms with Crippen molar-refractivity contribution in [3.63, 3.8) is 0 Å². The normalized spacial score (nSPS) is 25.4. The highest BCUT2D eigenvalue weighted by atomic mass is 35.5. The van der Waals surface area contributed by atoms with E-state index in [1.165, 1.54) is 8.61 Å². The zero-order chi connectivity index (χ0) is 24.5. The van der Waals surface area contributed by atoms with Crippen LogP contribution >= 0.6 is 11.6 Å². The Morgan fingerprint density at radius 2 is 1.76 bits per heavy atom. The molecule has 0 aromatic heterocycles. The summed E-state index contributed by atoms with van der Waals surface area (Å²) in [7, 11) is -3.68. The summed E-state index contributed by atoms with van der Waals surface area (Å²) in [6.45, 7) is 3.26. The third-order valence-corrected chi connectivity index (χ3v) is 9.17. The molecular formula is C23H30ClN5O4S. The van der Waals surface area contributed by atoms with Gasteiger partial charge in [0.1, 0.15) is 6.04 Å². The van der Waals surface area contributed by atoms with E-state index in [-0.39, 0.29) is 43.4 Å². The second-order valence-electron chi connectivity index (χ2n) is 9.32. The van der Waals surface area contributed by atoms with Crippen LogP contribution in [0.25, 0.3) is 0 Å². The van der Waals surface area contributed by atoms with Gasteiger partial charge in [0, 0.05) is 37.7 Å². The minimum Gasteiger partial charge on any atom is -0.348 e. The van der Waals surface area contributed by atoms with Gasteiger partial charge in [-0.25, -0.2) is 0 Å². The van der Waals surface area contributed by atoms with Crippen molar-refractivity contribution in [2.75, 3.05) is 32.7 Å². The highest BCUT2D eigenvalue weighted by Crippen LogP contribution is 2.29. The van der Waals surface area contributed by atoms with E-state index in [4.69, 9.17) is 16.9 Å². The van der Waals surface area contributed by atoms with Crippen LogP contribution in [-0.2, 0) is 19.8 Å². The average Bonchev–Trinajstić information content (AvgIpc) is 3.28. The summed E-state index contributed by atoms with van der Waals surface area (Å²) in [6, 6.07) is 8.56. The Morgan fingerprint density at radius 1 is 1.09 bits per heavy atom. The maximum Gasteiger partial charge on any atom is 0.282 e. The van der Waals surface area contributed by atoms with Crippen LogP contribution in [0.3, 0.4) is 0 Å². The van der Waals surface area contributed by atoms with Gasteiger partial charge in [-0.05, 0) is 50.3 Å². The highest BCUT2D eigenvalue weighted by Gasteiger charge is 2.44. The summed E-state index contributed by atoms with van der Waals surface area (Å²) >= 11 is 5.95. The molecule has 3 atom stereocenters. The first-order valence-electron chi connectivity index (χ1n) is 11.7. The minimum atomic E-state index is -3.68. The monoisotopic (exact) mass is 507 g/mol. The molecule has 1 aromatic rings. The number of benzene rings is 1. The van der Waals surface area contributed by atoms with E-state index in [2.05, 4.69) is 11.4 Å². The fraction of sp³-hybridized carbons (Fsp3) is 0.609. The largest absolute Gasteiger partial charge is 0.348 e. The van der Waals surface area contributed by atoms with Gasteiger partial charge in [-0.3, -0.25) is 9.59 Å². The predicted molar refractivity (Wildman–Crippen MR) is 127 cm³/mol. The Balaban J connectivity index is 1.38. The number of rotatable bonds is 6. The van der Waals surface area contributed by atoms with Gasteiger partial charge in [0.2, 0.25) is 11.8 Å². The standard InChI is InChI=1S/C23H30ClN5O4S/c1-16(18-6-8-20(24)9-7-18)26-22(30)21-5-3-11-29(21)23(31)19-4-2-10-27(15-19)34(32,33)28-13-17(12-25)14-28/h6-9,16-17,19,21H,2-5,10-11,13-15H2,1H3,(H,26,30)/t16-,19+,21-/m1/s1. The molecule has 1 N–H and O–H groups in total. The van der Waals surface area contributed by atoms with Crippen molar-refractivity contribution in [3.8, 4) is 6.07 Å². The molecule has 3 aliphatic rings.